The Kier molecular flexibility index (Phi) is 2.76. The lowest BCUT2D eigenvalue weighted by atomic mass is 9.82. The van der Waals surface area contributed by atoms with Gasteiger partial charge in [0.05, 0.1) is 0 Å². The molecular formula is C12H15FO. The Hall–Kier alpha value is -1.15. The molecule has 2 unspecified atom stereocenters. The minimum atomic E-state index is -1.84. The van der Waals surface area contributed by atoms with Crippen molar-refractivity contribution in [3.8, 4) is 0 Å². The van der Waals surface area contributed by atoms with E-state index in [1.165, 1.54) is 13.8 Å². The van der Waals surface area contributed by atoms with Crippen LogP contribution in [-0.2, 0) is 5.60 Å². The van der Waals surface area contributed by atoms with Gasteiger partial charge in [0.15, 0.2) is 5.67 Å². The van der Waals surface area contributed by atoms with Crippen molar-refractivity contribution in [3.63, 3.8) is 0 Å². The normalized spacial score (nSPS) is 19.4. The zero-order valence-corrected chi connectivity index (χ0v) is 8.50. The van der Waals surface area contributed by atoms with E-state index in [4.69, 9.17) is 0 Å². The van der Waals surface area contributed by atoms with Gasteiger partial charge in [0.2, 0.25) is 0 Å². The molecule has 1 aromatic rings. The van der Waals surface area contributed by atoms with Crippen molar-refractivity contribution >= 4 is 0 Å². The van der Waals surface area contributed by atoms with E-state index in [0.717, 1.165) is 6.08 Å². The molecule has 0 aliphatic carbocycles. The topological polar surface area (TPSA) is 20.2 Å². The minimum absolute atomic E-state index is 0.546. The molecule has 0 aliphatic rings. The standard InChI is InChI=1S/C12H15FO/c1-4-11(2,13)12(3,14)10-8-6-5-7-9-10/h4-9,14H,1H2,2-3H3. The Morgan fingerprint density at radius 1 is 1.29 bits per heavy atom. The number of aliphatic hydroxyl groups is 1. The molecule has 1 N–H and O–H groups in total. The van der Waals surface area contributed by atoms with Crippen molar-refractivity contribution in [1.29, 1.82) is 0 Å². The van der Waals surface area contributed by atoms with Crippen molar-refractivity contribution in [2.45, 2.75) is 25.1 Å². The number of benzene rings is 1. The van der Waals surface area contributed by atoms with E-state index in [-0.39, 0.29) is 0 Å². The number of alkyl halides is 1. The summed E-state index contributed by atoms with van der Waals surface area (Å²) in [6.45, 7) is 6.15. The second kappa shape index (κ2) is 3.54. The van der Waals surface area contributed by atoms with E-state index in [9.17, 15) is 9.50 Å². The molecule has 0 amide bonds. The van der Waals surface area contributed by atoms with Crippen molar-refractivity contribution < 1.29 is 9.50 Å². The molecule has 0 radical (unpaired) electrons. The molecule has 0 aromatic heterocycles. The van der Waals surface area contributed by atoms with Gasteiger partial charge in [0, 0.05) is 0 Å². The molecule has 76 valence electrons. The van der Waals surface area contributed by atoms with Crippen LogP contribution in [0.15, 0.2) is 43.0 Å². The minimum Gasteiger partial charge on any atom is -0.382 e. The molecule has 0 bridgehead atoms. The fraction of sp³-hybridized carbons (Fsp3) is 0.333. The van der Waals surface area contributed by atoms with Gasteiger partial charge in [-0.3, -0.25) is 0 Å². The first-order valence-corrected chi connectivity index (χ1v) is 4.52. The average Bonchev–Trinajstić information content (AvgIpc) is 2.19. The lowest BCUT2D eigenvalue weighted by Crippen LogP contribution is -2.42. The summed E-state index contributed by atoms with van der Waals surface area (Å²) in [6.07, 6.45) is 1.12. The maximum Gasteiger partial charge on any atom is 0.158 e. The third-order valence-corrected chi connectivity index (χ3v) is 2.67. The molecule has 0 aliphatic heterocycles. The maximum absolute atomic E-state index is 13.9. The van der Waals surface area contributed by atoms with Crippen LogP contribution in [0, 0.1) is 0 Å². The fourth-order valence-corrected chi connectivity index (χ4v) is 1.24. The highest BCUT2D eigenvalue weighted by molar-refractivity contribution is 5.27. The number of rotatable bonds is 3. The SMILES string of the molecule is C=CC(C)(F)C(C)(O)c1ccccc1. The van der Waals surface area contributed by atoms with Crippen LogP contribution in [0.5, 0.6) is 0 Å². The van der Waals surface area contributed by atoms with Crippen LogP contribution in [0.3, 0.4) is 0 Å². The fourth-order valence-electron chi connectivity index (χ4n) is 1.24. The van der Waals surface area contributed by atoms with Crippen LogP contribution in [0.2, 0.25) is 0 Å². The lowest BCUT2D eigenvalue weighted by Gasteiger charge is -2.34. The zero-order chi connectivity index (χ0) is 10.8. The molecule has 14 heavy (non-hydrogen) atoms. The van der Waals surface area contributed by atoms with Gasteiger partial charge >= 0.3 is 0 Å². The van der Waals surface area contributed by atoms with Crippen molar-refractivity contribution in [1.82, 2.24) is 0 Å². The summed E-state index contributed by atoms with van der Waals surface area (Å²) < 4.78 is 13.9. The van der Waals surface area contributed by atoms with Gasteiger partial charge in [-0.05, 0) is 19.4 Å². The molecule has 0 spiro atoms. The molecule has 0 saturated heterocycles. The molecule has 0 heterocycles. The Labute approximate surface area is 83.9 Å². The monoisotopic (exact) mass is 194 g/mol. The Bertz CT molecular complexity index is 314. The van der Waals surface area contributed by atoms with Crippen LogP contribution in [0.25, 0.3) is 0 Å². The van der Waals surface area contributed by atoms with Crippen molar-refractivity contribution in [2.75, 3.05) is 0 Å². The number of hydrogen-bond acceptors (Lipinski definition) is 1. The van der Waals surface area contributed by atoms with E-state index in [0.29, 0.717) is 5.56 Å². The van der Waals surface area contributed by atoms with E-state index in [1.54, 1.807) is 24.3 Å². The van der Waals surface area contributed by atoms with Gasteiger partial charge in [-0.1, -0.05) is 43.0 Å². The van der Waals surface area contributed by atoms with Crippen molar-refractivity contribution in [3.05, 3.63) is 48.6 Å². The molecule has 0 fully saturated rings. The predicted octanol–water partition coefficient (Wildman–Crippen LogP) is 2.81. The van der Waals surface area contributed by atoms with E-state index in [1.807, 2.05) is 6.07 Å². The van der Waals surface area contributed by atoms with Crippen LogP contribution in [-0.4, -0.2) is 10.8 Å². The summed E-state index contributed by atoms with van der Waals surface area (Å²) in [4.78, 5) is 0. The quantitative estimate of drug-likeness (QED) is 0.733. The third kappa shape index (κ3) is 1.70. The van der Waals surface area contributed by atoms with Gasteiger partial charge in [-0.2, -0.15) is 0 Å². The Morgan fingerprint density at radius 2 is 1.79 bits per heavy atom. The summed E-state index contributed by atoms with van der Waals surface area (Å²) in [5, 5.41) is 10.1. The third-order valence-electron chi connectivity index (χ3n) is 2.67. The van der Waals surface area contributed by atoms with Gasteiger partial charge in [-0.25, -0.2) is 4.39 Å². The summed E-state index contributed by atoms with van der Waals surface area (Å²) in [5.41, 5.74) is -2.84. The van der Waals surface area contributed by atoms with Gasteiger partial charge in [0.1, 0.15) is 5.60 Å². The van der Waals surface area contributed by atoms with Crippen LogP contribution < -0.4 is 0 Å². The predicted molar refractivity (Wildman–Crippen MR) is 55.7 cm³/mol. The van der Waals surface area contributed by atoms with Gasteiger partial charge < -0.3 is 5.11 Å². The first-order valence-electron chi connectivity index (χ1n) is 4.52. The van der Waals surface area contributed by atoms with Crippen LogP contribution in [0.4, 0.5) is 4.39 Å². The molecule has 1 aromatic carbocycles. The smallest absolute Gasteiger partial charge is 0.158 e. The zero-order valence-electron chi connectivity index (χ0n) is 8.50. The maximum atomic E-state index is 13.9. The molecule has 1 rings (SSSR count). The molecule has 2 heteroatoms. The van der Waals surface area contributed by atoms with Gasteiger partial charge in [0.25, 0.3) is 0 Å². The highest BCUT2D eigenvalue weighted by Crippen LogP contribution is 2.36. The highest BCUT2D eigenvalue weighted by Gasteiger charge is 2.42. The van der Waals surface area contributed by atoms with Crippen LogP contribution in [0.1, 0.15) is 19.4 Å². The lowest BCUT2D eigenvalue weighted by molar-refractivity contribution is -0.0593. The Morgan fingerprint density at radius 3 is 2.21 bits per heavy atom. The van der Waals surface area contributed by atoms with E-state index < -0.39 is 11.3 Å². The largest absolute Gasteiger partial charge is 0.382 e. The summed E-state index contributed by atoms with van der Waals surface area (Å²) >= 11 is 0. The second-order valence-electron chi connectivity index (χ2n) is 3.72. The number of hydrogen-bond donors (Lipinski definition) is 1. The second-order valence-corrected chi connectivity index (χ2v) is 3.72. The molecule has 1 nitrogen and oxygen atoms in total. The Balaban J connectivity index is 3.14. The molecule has 0 saturated carbocycles. The van der Waals surface area contributed by atoms with Crippen molar-refractivity contribution in [2.24, 2.45) is 0 Å². The average molecular weight is 194 g/mol. The van der Waals surface area contributed by atoms with Crippen LogP contribution >= 0.6 is 0 Å². The van der Waals surface area contributed by atoms with E-state index in [2.05, 4.69) is 6.58 Å². The first kappa shape index (κ1) is 10.9. The number of halogens is 1. The first-order chi connectivity index (χ1) is 6.42. The summed E-state index contributed by atoms with van der Waals surface area (Å²) in [6, 6.07) is 8.75. The van der Waals surface area contributed by atoms with Gasteiger partial charge in [-0.15, -0.1) is 0 Å². The highest BCUT2D eigenvalue weighted by atomic mass is 19.1. The summed E-state index contributed by atoms with van der Waals surface area (Å²) in [5.74, 6) is 0. The molecular weight excluding hydrogens is 179 g/mol. The summed E-state index contributed by atoms with van der Waals surface area (Å²) in [7, 11) is 0. The van der Waals surface area contributed by atoms with E-state index >= 15 is 0 Å². The molecule has 2 atom stereocenters.